The number of rotatable bonds is 0. The highest BCUT2D eigenvalue weighted by molar-refractivity contribution is 7.97. The molecule has 0 bridgehead atoms. The average Bonchev–Trinajstić information content (AvgIpc) is 2.60. The first-order valence-electron chi connectivity index (χ1n) is 5.87. The maximum Gasteiger partial charge on any atom is 0.0268 e. The van der Waals surface area contributed by atoms with Gasteiger partial charge in [-0.2, -0.15) is 0 Å². The zero-order chi connectivity index (χ0) is 11.2. The van der Waals surface area contributed by atoms with Crippen LogP contribution in [0.5, 0.6) is 0 Å². The van der Waals surface area contributed by atoms with Crippen LogP contribution in [0.15, 0.2) is 29.2 Å². The second-order valence-corrected chi connectivity index (χ2v) is 6.39. The Morgan fingerprint density at radius 3 is 2.75 bits per heavy atom. The highest BCUT2D eigenvalue weighted by Gasteiger charge is 2.43. The third-order valence-corrected chi connectivity index (χ3v) is 4.78. The van der Waals surface area contributed by atoms with E-state index < -0.39 is 0 Å². The van der Waals surface area contributed by atoms with E-state index in [1.54, 1.807) is 5.56 Å². The van der Waals surface area contributed by atoms with Crippen molar-refractivity contribution in [2.24, 2.45) is 0 Å². The first-order valence-corrected chi connectivity index (χ1v) is 6.64. The van der Waals surface area contributed by atoms with Gasteiger partial charge in [0.15, 0.2) is 0 Å². The molecule has 2 nitrogen and oxygen atoms in total. The summed E-state index contributed by atoms with van der Waals surface area (Å²) in [7, 11) is 4.44. The summed E-state index contributed by atoms with van der Waals surface area (Å²) in [6.07, 6.45) is 1.30. The Morgan fingerprint density at radius 2 is 2.00 bits per heavy atom. The molecule has 86 valence electrons. The van der Waals surface area contributed by atoms with Crippen LogP contribution in [0, 0.1) is 0 Å². The van der Waals surface area contributed by atoms with Gasteiger partial charge in [0, 0.05) is 23.4 Å². The van der Waals surface area contributed by atoms with Gasteiger partial charge in [-0.3, -0.25) is 0 Å². The maximum absolute atomic E-state index is 2.46. The molecule has 1 atom stereocenters. The van der Waals surface area contributed by atoms with Gasteiger partial charge < -0.3 is 4.90 Å². The van der Waals surface area contributed by atoms with E-state index in [-0.39, 0.29) is 0 Å². The molecule has 2 heterocycles. The summed E-state index contributed by atoms with van der Waals surface area (Å²) in [5.74, 6) is 0. The summed E-state index contributed by atoms with van der Waals surface area (Å²) in [6, 6.07) is 8.92. The minimum atomic E-state index is 0.380. The molecule has 1 saturated heterocycles. The number of nitrogens with zero attached hydrogens (tertiary/aromatic N) is 2. The second-order valence-electron chi connectivity index (χ2n) is 5.14. The molecule has 3 heteroatoms. The van der Waals surface area contributed by atoms with E-state index in [4.69, 9.17) is 0 Å². The van der Waals surface area contributed by atoms with Gasteiger partial charge in [0.25, 0.3) is 0 Å². The lowest BCUT2D eigenvalue weighted by Crippen LogP contribution is -2.42. The quantitative estimate of drug-likeness (QED) is 0.636. The number of benzene rings is 1. The Bertz CT molecular complexity index is 407. The van der Waals surface area contributed by atoms with Crippen LogP contribution in [0.3, 0.4) is 0 Å². The van der Waals surface area contributed by atoms with Crippen LogP contribution in [-0.2, 0) is 5.41 Å². The largest absolute Gasteiger partial charge is 0.305 e. The normalized spacial score (nSPS) is 30.9. The van der Waals surface area contributed by atoms with Crippen LogP contribution >= 0.6 is 11.9 Å². The maximum atomic E-state index is 2.46. The molecule has 0 amide bonds. The smallest absolute Gasteiger partial charge is 0.0268 e. The number of likely N-dealkylation sites (tertiary alicyclic amines) is 1. The zero-order valence-electron chi connectivity index (χ0n) is 9.94. The molecule has 1 fully saturated rings. The van der Waals surface area contributed by atoms with Crippen LogP contribution in [0.25, 0.3) is 0 Å². The summed E-state index contributed by atoms with van der Waals surface area (Å²) in [4.78, 5) is 3.91. The molecule has 1 unspecified atom stereocenters. The van der Waals surface area contributed by atoms with Gasteiger partial charge in [-0.1, -0.05) is 18.2 Å². The minimum absolute atomic E-state index is 0.380. The second kappa shape index (κ2) is 3.76. The van der Waals surface area contributed by atoms with Gasteiger partial charge in [0.2, 0.25) is 0 Å². The van der Waals surface area contributed by atoms with Gasteiger partial charge in [0.1, 0.15) is 0 Å². The zero-order valence-corrected chi connectivity index (χ0v) is 10.8. The number of likely N-dealkylation sites (N-methyl/N-ethyl adjacent to an activating group) is 2. The molecular formula is C13H18N2S. The average molecular weight is 234 g/mol. The molecule has 1 aromatic rings. The molecule has 1 spiro atoms. The summed E-state index contributed by atoms with van der Waals surface area (Å²) in [5, 5.41) is 0. The Morgan fingerprint density at radius 1 is 1.19 bits per heavy atom. The highest BCUT2D eigenvalue weighted by atomic mass is 32.2. The molecule has 16 heavy (non-hydrogen) atoms. The van der Waals surface area contributed by atoms with Crippen molar-refractivity contribution in [1.29, 1.82) is 0 Å². The lowest BCUT2D eigenvalue weighted by Gasteiger charge is -2.39. The fourth-order valence-corrected chi connectivity index (χ4v) is 4.29. The van der Waals surface area contributed by atoms with Gasteiger partial charge in [-0.25, -0.2) is 4.31 Å². The lowest BCUT2D eigenvalue weighted by atomic mass is 9.79. The third kappa shape index (κ3) is 1.58. The number of fused-ring (bicyclic) bond motifs is 2. The van der Waals surface area contributed by atoms with Gasteiger partial charge in [0.05, 0.1) is 0 Å². The molecule has 2 aliphatic rings. The topological polar surface area (TPSA) is 6.48 Å². The molecule has 0 radical (unpaired) electrons. The van der Waals surface area contributed by atoms with Crippen molar-refractivity contribution in [2.75, 3.05) is 33.7 Å². The Kier molecular flexibility index (Phi) is 2.50. The van der Waals surface area contributed by atoms with E-state index in [2.05, 4.69) is 47.6 Å². The lowest BCUT2D eigenvalue weighted by molar-refractivity contribution is 0.316. The summed E-state index contributed by atoms with van der Waals surface area (Å²) in [6.45, 7) is 3.61. The first kappa shape index (κ1) is 10.6. The Balaban J connectivity index is 2.07. The summed E-state index contributed by atoms with van der Waals surface area (Å²) in [5.41, 5.74) is 1.95. The third-order valence-electron chi connectivity index (χ3n) is 3.78. The van der Waals surface area contributed by atoms with Crippen molar-refractivity contribution in [3.8, 4) is 0 Å². The summed E-state index contributed by atoms with van der Waals surface area (Å²) < 4.78 is 2.39. The molecule has 3 rings (SSSR count). The van der Waals surface area contributed by atoms with E-state index in [0.29, 0.717) is 5.41 Å². The van der Waals surface area contributed by atoms with E-state index >= 15 is 0 Å². The monoisotopic (exact) mass is 234 g/mol. The van der Waals surface area contributed by atoms with Crippen molar-refractivity contribution in [1.82, 2.24) is 9.21 Å². The Hall–Kier alpha value is -0.510. The van der Waals surface area contributed by atoms with E-state index in [1.165, 1.54) is 31.0 Å². The van der Waals surface area contributed by atoms with Crippen molar-refractivity contribution < 1.29 is 0 Å². The van der Waals surface area contributed by atoms with Crippen molar-refractivity contribution >= 4 is 11.9 Å². The van der Waals surface area contributed by atoms with Crippen LogP contribution in [0.4, 0.5) is 0 Å². The van der Waals surface area contributed by atoms with Crippen molar-refractivity contribution in [3.05, 3.63) is 29.8 Å². The van der Waals surface area contributed by atoms with E-state index in [9.17, 15) is 0 Å². The van der Waals surface area contributed by atoms with Gasteiger partial charge >= 0.3 is 0 Å². The molecule has 1 aromatic carbocycles. The molecule has 0 aliphatic carbocycles. The highest BCUT2D eigenvalue weighted by Crippen LogP contribution is 2.45. The standard InChI is InChI=1S/C13H18N2S/c1-14-8-7-13(9-14)10-15(2)16-12-6-4-3-5-11(12)13/h3-6H,7-10H2,1-2H3. The van der Waals surface area contributed by atoms with Crippen LogP contribution in [0.2, 0.25) is 0 Å². The first-order chi connectivity index (χ1) is 7.70. The Labute approximate surface area is 102 Å². The van der Waals surface area contributed by atoms with E-state index in [1.807, 2.05) is 11.9 Å². The molecular weight excluding hydrogens is 216 g/mol. The summed E-state index contributed by atoms with van der Waals surface area (Å²) >= 11 is 1.89. The molecule has 0 saturated carbocycles. The minimum Gasteiger partial charge on any atom is -0.305 e. The molecule has 0 aromatic heterocycles. The van der Waals surface area contributed by atoms with Gasteiger partial charge in [-0.05, 0) is 50.6 Å². The van der Waals surface area contributed by atoms with E-state index in [0.717, 1.165) is 0 Å². The van der Waals surface area contributed by atoms with Crippen molar-refractivity contribution in [3.63, 3.8) is 0 Å². The predicted octanol–water partition coefficient (Wildman–Crippen LogP) is 2.21. The SMILES string of the molecule is CN1CCC2(C1)CN(C)Sc1ccccc12. The molecule has 0 N–H and O–H groups in total. The van der Waals surface area contributed by atoms with Crippen LogP contribution < -0.4 is 0 Å². The van der Waals surface area contributed by atoms with Gasteiger partial charge in [-0.15, -0.1) is 0 Å². The fraction of sp³-hybridized carbons (Fsp3) is 0.538. The number of hydrogen-bond donors (Lipinski definition) is 0. The molecule has 2 aliphatic heterocycles. The fourth-order valence-electron chi connectivity index (χ4n) is 3.12. The van der Waals surface area contributed by atoms with Crippen LogP contribution in [0.1, 0.15) is 12.0 Å². The van der Waals surface area contributed by atoms with Crippen LogP contribution in [-0.4, -0.2) is 42.9 Å². The number of hydrogen-bond acceptors (Lipinski definition) is 3. The van der Waals surface area contributed by atoms with Crippen molar-refractivity contribution in [2.45, 2.75) is 16.7 Å². The predicted molar refractivity (Wildman–Crippen MR) is 68.7 cm³/mol.